The number of hydrogen-bond donors (Lipinski definition) is 3. The molecule has 0 saturated carbocycles. The molecular weight excluding hydrogens is 542 g/mol. The minimum absolute atomic E-state index is 0.0279. The fourth-order valence-corrected chi connectivity index (χ4v) is 5.35. The second kappa shape index (κ2) is 11.3. The van der Waals surface area contributed by atoms with E-state index in [9.17, 15) is 27.6 Å². The minimum Gasteiger partial charge on any atom is -0.367 e. The maximum absolute atomic E-state index is 15.7. The second-order valence-electron chi connectivity index (χ2n) is 11.8. The molecule has 1 aromatic heterocycles. The van der Waals surface area contributed by atoms with Gasteiger partial charge in [0.1, 0.15) is 5.82 Å². The number of carbonyl (C=O) groups excluding carboxylic acids is 2. The summed E-state index contributed by atoms with van der Waals surface area (Å²) >= 11 is 0. The molecule has 0 bridgehead atoms. The Morgan fingerprint density at radius 1 is 1.05 bits per heavy atom. The molecule has 2 atom stereocenters. The lowest BCUT2D eigenvalue weighted by atomic mass is 9.92. The highest BCUT2D eigenvalue weighted by atomic mass is 19.4. The first-order valence-corrected chi connectivity index (χ1v) is 13.5. The molecule has 1 saturated heterocycles. The first-order valence-electron chi connectivity index (χ1n) is 13.5. The second-order valence-corrected chi connectivity index (χ2v) is 11.8. The molecule has 2 aliphatic rings. The number of aromatic amines is 1. The number of piperazine rings is 1. The summed E-state index contributed by atoms with van der Waals surface area (Å²) in [6.07, 6.45) is -2.09. The van der Waals surface area contributed by atoms with Gasteiger partial charge in [0.15, 0.2) is 0 Å². The van der Waals surface area contributed by atoms with Crippen LogP contribution >= 0.6 is 0 Å². The minimum atomic E-state index is -4.94. The average Bonchev–Trinajstić information content (AvgIpc) is 2.87. The van der Waals surface area contributed by atoms with Crippen LogP contribution in [0.15, 0.2) is 35.3 Å². The van der Waals surface area contributed by atoms with Crippen molar-refractivity contribution in [2.24, 2.45) is 5.41 Å². The molecule has 0 spiro atoms. The Hall–Kier alpha value is -3.67. The highest BCUT2D eigenvalue weighted by molar-refractivity contribution is 6.07. The van der Waals surface area contributed by atoms with E-state index in [0.717, 1.165) is 6.20 Å². The number of amides is 2. The first-order chi connectivity index (χ1) is 19.0. The van der Waals surface area contributed by atoms with Crippen molar-refractivity contribution in [1.29, 1.82) is 0 Å². The summed E-state index contributed by atoms with van der Waals surface area (Å²) in [6.45, 7) is 11.0. The largest absolute Gasteiger partial charge is 0.417 e. The van der Waals surface area contributed by atoms with Crippen molar-refractivity contribution in [1.82, 2.24) is 15.2 Å². The lowest BCUT2D eigenvalue weighted by Crippen LogP contribution is -2.54. The molecule has 222 valence electrons. The highest BCUT2D eigenvalue weighted by Crippen LogP contribution is 2.37. The normalized spacial score (nSPS) is 20.1. The molecule has 0 aliphatic carbocycles. The predicted octanol–water partition coefficient (Wildman–Crippen LogP) is 4.63. The molecular formula is C29H35F4N5O3. The molecule has 41 heavy (non-hydrogen) atoms. The van der Waals surface area contributed by atoms with Crippen LogP contribution in [0.2, 0.25) is 0 Å². The van der Waals surface area contributed by atoms with Crippen molar-refractivity contribution in [2.75, 3.05) is 36.4 Å². The first kappa shape index (κ1) is 30.3. The van der Waals surface area contributed by atoms with E-state index in [2.05, 4.69) is 15.6 Å². The summed E-state index contributed by atoms with van der Waals surface area (Å²) in [6, 6.07) is 3.14. The summed E-state index contributed by atoms with van der Waals surface area (Å²) in [5.41, 5.74) is -2.39. The van der Waals surface area contributed by atoms with Crippen LogP contribution < -0.4 is 21.1 Å². The summed E-state index contributed by atoms with van der Waals surface area (Å²) in [4.78, 5) is 43.2. The molecule has 2 aliphatic heterocycles. The molecule has 2 amide bonds. The van der Waals surface area contributed by atoms with Gasteiger partial charge in [0.2, 0.25) is 11.5 Å². The van der Waals surface area contributed by atoms with Crippen molar-refractivity contribution in [3.63, 3.8) is 0 Å². The average molecular weight is 578 g/mol. The van der Waals surface area contributed by atoms with Crippen LogP contribution in [-0.2, 0) is 11.0 Å². The fourth-order valence-electron chi connectivity index (χ4n) is 5.35. The maximum Gasteiger partial charge on any atom is 0.417 e. The number of nitrogens with zero attached hydrogens (tertiary/aromatic N) is 2. The molecule has 3 N–H and O–H groups in total. The highest BCUT2D eigenvalue weighted by Gasteiger charge is 2.36. The molecule has 1 aromatic carbocycles. The number of carbonyl (C=O) groups is 2. The zero-order valence-electron chi connectivity index (χ0n) is 23.7. The number of anilines is 2. The van der Waals surface area contributed by atoms with E-state index in [1.165, 1.54) is 12.1 Å². The lowest BCUT2D eigenvalue weighted by Gasteiger charge is -2.38. The van der Waals surface area contributed by atoms with Crippen molar-refractivity contribution in [3.05, 3.63) is 63.3 Å². The number of benzene rings is 1. The topological polar surface area (TPSA) is 97.5 Å². The van der Waals surface area contributed by atoms with E-state index in [4.69, 9.17) is 0 Å². The van der Waals surface area contributed by atoms with Gasteiger partial charge in [-0.15, -0.1) is 0 Å². The van der Waals surface area contributed by atoms with Crippen molar-refractivity contribution < 1.29 is 27.2 Å². The van der Waals surface area contributed by atoms with Gasteiger partial charge in [0.25, 0.3) is 5.91 Å². The summed E-state index contributed by atoms with van der Waals surface area (Å²) in [5.74, 6) is -1.67. The van der Waals surface area contributed by atoms with Gasteiger partial charge in [-0.05, 0) is 38.0 Å². The van der Waals surface area contributed by atoms with Crippen molar-refractivity contribution in [3.8, 4) is 0 Å². The van der Waals surface area contributed by atoms with Gasteiger partial charge in [0, 0.05) is 61.5 Å². The molecule has 4 rings (SSSR count). The molecule has 1 fully saturated rings. The van der Waals surface area contributed by atoms with E-state index >= 15 is 4.39 Å². The Labute approximate surface area is 235 Å². The molecule has 0 unspecified atom stereocenters. The molecule has 0 radical (unpaired) electrons. The van der Waals surface area contributed by atoms with Gasteiger partial charge in [0.05, 0.1) is 22.5 Å². The number of aromatic nitrogens is 1. The Kier molecular flexibility index (Phi) is 8.35. The fraction of sp³-hybridized carbons (Fsp3) is 0.483. The number of H-pyrrole nitrogens is 1. The Morgan fingerprint density at radius 3 is 2.27 bits per heavy atom. The van der Waals surface area contributed by atoms with E-state index in [-0.39, 0.29) is 35.8 Å². The van der Waals surface area contributed by atoms with E-state index in [1.54, 1.807) is 11.0 Å². The van der Waals surface area contributed by atoms with Crippen LogP contribution in [0.25, 0.3) is 5.57 Å². The number of halogens is 4. The van der Waals surface area contributed by atoms with Gasteiger partial charge >= 0.3 is 6.18 Å². The molecule has 2 aromatic rings. The number of rotatable bonds is 4. The quantitative estimate of drug-likeness (QED) is 0.461. The number of pyridine rings is 1. The molecule has 3 heterocycles. The third kappa shape index (κ3) is 6.80. The molecule has 12 heteroatoms. The van der Waals surface area contributed by atoms with Gasteiger partial charge in [-0.1, -0.05) is 26.8 Å². The van der Waals surface area contributed by atoms with Crippen LogP contribution in [0.4, 0.5) is 28.9 Å². The van der Waals surface area contributed by atoms with Crippen LogP contribution in [-0.4, -0.2) is 60.0 Å². The molecule has 8 nitrogen and oxygen atoms in total. The monoisotopic (exact) mass is 577 g/mol. The number of alkyl halides is 3. The van der Waals surface area contributed by atoms with Crippen molar-refractivity contribution in [2.45, 2.75) is 59.3 Å². The van der Waals surface area contributed by atoms with Crippen molar-refractivity contribution >= 4 is 28.8 Å². The van der Waals surface area contributed by atoms with Gasteiger partial charge in [-0.3, -0.25) is 14.4 Å². The van der Waals surface area contributed by atoms with E-state index in [1.807, 2.05) is 39.5 Å². The maximum atomic E-state index is 15.7. The number of nitrogens with one attached hydrogen (secondary N) is 3. The van der Waals surface area contributed by atoms with E-state index < -0.39 is 40.0 Å². The zero-order chi connectivity index (χ0) is 30.3. The zero-order valence-corrected chi connectivity index (χ0v) is 23.7. The SMILES string of the molecule is C[C@@H]1CN(c2cc(F)c(C3=CCN(C(=O)C(C)(C)C)CC3)cc2NC(=O)c2c[nH]c(=O)cc2C(F)(F)F)C[C@H](C)N1. The van der Waals surface area contributed by atoms with Crippen LogP contribution in [0.5, 0.6) is 0 Å². The van der Waals surface area contributed by atoms with Crippen LogP contribution in [0, 0.1) is 11.2 Å². The third-order valence-electron chi connectivity index (χ3n) is 7.19. The predicted molar refractivity (Wildman–Crippen MR) is 149 cm³/mol. The third-order valence-corrected chi connectivity index (χ3v) is 7.19. The smallest absolute Gasteiger partial charge is 0.367 e. The summed E-state index contributed by atoms with van der Waals surface area (Å²) < 4.78 is 56.7. The summed E-state index contributed by atoms with van der Waals surface area (Å²) in [7, 11) is 0. The van der Waals surface area contributed by atoms with Gasteiger partial charge < -0.3 is 25.4 Å². The van der Waals surface area contributed by atoms with Crippen LogP contribution in [0.1, 0.15) is 62.5 Å². The Morgan fingerprint density at radius 2 is 1.71 bits per heavy atom. The van der Waals surface area contributed by atoms with Gasteiger partial charge in [-0.2, -0.15) is 13.2 Å². The Balaban J connectivity index is 1.74. The van der Waals surface area contributed by atoms with Crippen LogP contribution in [0.3, 0.4) is 0 Å². The number of hydrogen-bond acceptors (Lipinski definition) is 5. The van der Waals surface area contributed by atoms with E-state index in [0.29, 0.717) is 43.4 Å². The van der Waals surface area contributed by atoms with Gasteiger partial charge in [-0.25, -0.2) is 4.39 Å². The summed E-state index contributed by atoms with van der Waals surface area (Å²) in [5, 5.41) is 5.93. The standard InChI is InChI=1S/C29H35F4N5O3/c1-16-14-38(15-17(2)35-16)24-12-22(30)19(18-6-8-37(9-7-18)27(41)28(3,4)5)10-23(24)36-26(40)20-13-34-25(39)11-21(20)29(31,32)33/h6,10-13,16-17,35H,7-9,14-15H2,1-5H3,(H,34,39)(H,36,40)/t16-,17+. The Bertz CT molecular complexity index is 1420. The lowest BCUT2D eigenvalue weighted by molar-refractivity contribution is -0.139.